The van der Waals surface area contributed by atoms with Crippen molar-refractivity contribution >= 4 is 12.6 Å². The Kier molecular flexibility index (Phi) is 2.43. The highest BCUT2D eigenvalue weighted by Crippen LogP contribution is 2.36. The van der Waals surface area contributed by atoms with Crippen molar-refractivity contribution in [1.82, 2.24) is 4.68 Å². The highest BCUT2D eigenvalue weighted by atomic mass is 16.7. The smallest absolute Gasteiger partial charge is 0.399 e. The summed E-state index contributed by atoms with van der Waals surface area (Å²) in [5.41, 5.74) is 0.0706. The Hall–Kier alpha value is -1.14. The molecule has 1 aromatic heterocycles. The van der Waals surface area contributed by atoms with E-state index in [0.29, 0.717) is 0 Å². The summed E-state index contributed by atoms with van der Waals surface area (Å²) in [7, 11) is -0.437. The van der Waals surface area contributed by atoms with Crippen molar-refractivity contribution < 1.29 is 9.31 Å². The van der Waals surface area contributed by atoms with Crippen LogP contribution in [0.15, 0.2) is 23.7 Å². The van der Waals surface area contributed by atoms with Crippen molar-refractivity contribution in [2.45, 2.75) is 38.9 Å². The zero-order valence-corrected chi connectivity index (χ0v) is 9.93. The molecule has 1 aliphatic rings. The molecule has 86 valence electrons. The molecular weight excluding hydrogens is 207 g/mol. The standard InChI is InChI=1S/C10H15BN2O3/c1-9(2)10(3,4)16-11(15-9)8-5-6-13(7-8)12-14/h5-7H,1-4H3. The van der Waals surface area contributed by atoms with Crippen molar-refractivity contribution in [1.29, 1.82) is 0 Å². The van der Waals surface area contributed by atoms with E-state index in [9.17, 15) is 4.91 Å². The Labute approximate surface area is 94.8 Å². The second kappa shape index (κ2) is 3.43. The van der Waals surface area contributed by atoms with Gasteiger partial charge in [-0.1, -0.05) is 0 Å². The van der Waals surface area contributed by atoms with E-state index in [1.54, 1.807) is 18.5 Å². The molecule has 1 fully saturated rings. The highest BCUT2D eigenvalue weighted by Gasteiger charge is 2.51. The lowest BCUT2D eigenvalue weighted by Gasteiger charge is -2.32. The van der Waals surface area contributed by atoms with Crippen LogP contribution in [-0.2, 0) is 9.31 Å². The number of rotatable bonds is 2. The van der Waals surface area contributed by atoms with E-state index in [4.69, 9.17) is 9.31 Å². The summed E-state index contributed by atoms with van der Waals surface area (Å²) >= 11 is 0. The van der Waals surface area contributed by atoms with Crippen LogP contribution in [0.4, 0.5) is 0 Å². The van der Waals surface area contributed by atoms with Gasteiger partial charge in [0.2, 0.25) is 0 Å². The van der Waals surface area contributed by atoms with Crippen molar-refractivity contribution in [3.8, 4) is 0 Å². The minimum Gasteiger partial charge on any atom is -0.399 e. The highest BCUT2D eigenvalue weighted by molar-refractivity contribution is 6.62. The Morgan fingerprint density at radius 2 is 1.81 bits per heavy atom. The molecule has 5 nitrogen and oxygen atoms in total. The molecular formula is C10H15BN2O3. The first kappa shape index (κ1) is 11.4. The summed E-state index contributed by atoms with van der Waals surface area (Å²) in [6, 6.07) is 1.77. The number of nitroso groups, excluding NO2 is 1. The van der Waals surface area contributed by atoms with Gasteiger partial charge < -0.3 is 9.31 Å². The molecule has 0 aromatic carbocycles. The summed E-state index contributed by atoms with van der Waals surface area (Å²) in [6.45, 7) is 7.95. The Balaban J connectivity index is 2.23. The second-order valence-corrected chi connectivity index (χ2v) is 4.99. The predicted molar refractivity (Wildman–Crippen MR) is 61.3 cm³/mol. The third-order valence-corrected chi connectivity index (χ3v) is 3.32. The van der Waals surface area contributed by atoms with E-state index in [0.717, 1.165) is 5.46 Å². The Morgan fingerprint density at radius 1 is 1.25 bits per heavy atom. The first-order valence-corrected chi connectivity index (χ1v) is 5.23. The van der Waals surface area contributed by atoms with E-state index in [1.165, 1.54) is 4.68 Å². The predicted octanol–water partition coefficient (Wildman–Crippen LogP) is 1.32. The van der Waals surface area contributed by atoms with Gasteiger partial charge in [0.05, 0.1) is 16.5 Å². The van der Waals surface area contributed by atoms with Crippen molar-refractivity contribution in [2.24, 2.45) is 5.29 Å². The molecule has 0 unspecified atom stereocenters. The SMILES string of the molecule is CC1(C)OB(c2ccn(N=O)c2)OC1(C)C. The van der Waals surface area contributed by atoms with Crippen LogP contribution in [0.1, 0.15) is 27.7 Å². The van der Waals surface area contributed by atoms with Crippen LogP contribution in [0, 0.1) is 4.91 Å². The van der Waals surface area contributed by atoms with Gasteiger partial charge in [-0.2, -0.15) is 0 Å². The molecule has 0 aliphatic carbocycles. The van der Waals surface area contributed by atoms with E-state index < -0.39 is 7.12 Å². The van der Waals surface area contributed by atoms with Gasteiger partial charge in [0.1, 0.15) is 0 Å². The van der Waals surface area contributed by atoms with Crippen LogP contribution in [0.3, 0.4) is 0 Å². The fourth-order valence-corrected chi connectivity index (χ4v) is 1.57. The number of hydrogen-bond donors (Lipinski definition) is 0. The van der Waals surface area contributed by atoms with Gasteiger partial charge in [0, 0.05) is 17.9 Å². The van der Waals surface area contributed by atoms with Gasteiger partial charge in [-0.05, 0) is 33.8 Å². The van der Waals surface area contributed by atoms with Gasteiger partial charge in [-0.25, -0.2) is 4.68 Å². The van der Waals surface area contributed by atoms with E-state index in [1.807, 2.05) is 27.7 Å². The average Bonchev–Trinajstić information content (AvgIpc) is 2.70. The summed E-state index contributed by atoms with van der Waals surface area (Å²) < 4.78 is 12.9. The van der Waals surface area contributed by atoms with Gasteiger partial charge in [0.25, 0.3) is 0 Å². The fourth-order valence-electron chi connectivity index (χ4n) is 1.57. The third kappa shape index (κ3) is 1.68. The van der Waals surface area contributed by atoms with Crippen LogP contribution in [-0.4, -0.2) is 23.0 Å². The maximum atomic E-state index is 10.3. The monoisotopic (exact) mass is 222 g/mol. The number of hydrogen-bond acceptors (Lipinski definition) is 4. The maximum absolute atomic E-state index is 10.3. The Bertz CT molecular complexity index is 398. The fraction of sp³-hybridized carbons (Fsp3) is 0.600. The maximum Gasteiger partial charge on any atom is 0.496 e. The molecule has 6 heteroatoms. The minimum atomic E-state index is -0.437. The van der Waals surface area contributed by atoms with Crippen molar-refractivity contribution in [3.63, 3.8) is 0 Å². The largest absolute Gasteiger partial charge is 0.496 e. The molecule has 0 atom stereocenters. The van der Waals surface area contributed by atoms with E-state index in [2.05, 4.69) is 5.29 Å². The van der Waals surface area contributed by atoms with Crippen LogP contribution in [0.5, 0.6) is 0 Å². The van der Waals surface area contributed by atoms with E-state index >= 15 is 0 Å². The summed E-state index contributed by atoms with van der Waals surface area (Å²) in [4.78, 5) is 10.3. The minimum absolute atomic E-state index is 0.367. The zero-order chi connectivity index (χ0) is 12.0. The van der Waals surface area contributed by atoms with Crippen LogP contribution >= 0.6 is 0 Å². The van der Waals surface area contributed by atoms with Crippen molar-refractivity contribution in [3.05, 3.63) is 23.4 Å². The third-order valence-electron chi connectivity index (χ3n) is 3.32. The normalized spacial score (nSPS) is 22.4. The first-order valence-electron chi connectivity index (χ1n) is 5.23. The van der Waals surface area contributed by atoms with Gasteiger partial charge in [-0.3, -0.25) is 0 Å². The van der Waals surface area contributed by atoms with Crippen molar-refractivity contribution in [2.75, 3.05) is 0 Å². The topological polar surface area (TPSA) is 52.8 Å². The number of aromatic nitrogens is 1. The average molecular weight is 222 g/mol. The molecule has 1 saturated heterocycles. The lowest BCUT2D eigenvalue weighted by atomic mass is 9.81. The van der Waals surface area contributed by atoms with Crippen LogP contribution < -0.4 is 5.46 Å². The Morgan fingerprint density at radius 3 is 2.25 bits per heavy atom. The van der Waals surface area contributed by atoms with Gasteiger partial charge >= 0.3 is 7.12 Å². The lowest BCUT2D eigenvalue weighted by Crippen LogP contribution is -2.41. The van der Waals surface area contributed by atoms with Crippen LogP contribution in [0.25, 0.3) is 0 Å². The van der Waals surface area contributed by atoms with Gasteiger partial charge in [0.15, 0.2) is 0 Å². The molecule has 1 aliphatic heterocycles. The summed E-state index contributed by atoms with van der Waals surface area (Å²) in [5, 5.41) is 2.79. The molecule has 1 aromatic rings. The lowest BCUT2D eigenvalue weighted by molar-refractivity contribution is 0.00578. The molecule has 0 bridgehead atoms. The molecule has 2 rings (SSSR count). The summed E-state index contributed by atoms with van der Waals surface area (Å²) in [6.07, 6.45) is 3.18. The molecule has 0 spiro atoms. The zero-order valence-electron chi connectivity index (χ0n) is 9.93. The molecule has 0 N–H and O–H groups in total. The molecule has 0 saturated carbocycles. The second-order valence-electron chi connectivity index (χ2n) is 4.99. The number of nitrogens with zero attached hydrogens (tertiary/aromatic N) is 2. The molecule has 0 radical (unpaired) electrons. The van der Waals surface area contributed by atoms with E-state index in [-0.39, 0.29) is 11.2 Å². The quantitative estimate of drug-likeness (QED) is 0.560. The molecule has 16 heavy (non-hydrogen) atoms. The van der Waals surface area contributed by atoms with Crippen LogP contribution in [0.2, 0.25) is 0 Å². The first-order chi connectivity index (χ1) is 7.36. The van der Waals surface area contributed by atoms with Gasteiger partial charge in [-0.15, -0.1) is 4.91 Å². The summed E-state index contributed by atoms with van der Waals surface area (Å²) in [5.74, 6) is 0. The molecule has 2 heterocycles. The molecule has 0 amide bonds.